The Hall–Kier alpha value is -2.77. The molecular formula is C27H45N3O5. The monoisotopic (exact) mass is 491 g/mol. The summed E-state index contributed by atoms with van der Waals surface area (Å²) < 4.78 is 5.39. The van der Waals surface area contributed by atoms with Crippen molar-refractivity contribution in [3.63, 3.8) is 0 Å². The van der Waals surface area contributed by atoms with Crippen molar-refractivity contribution < 1.29 is 24.2 Å². The molecule has 2 unspecified atom stereocenters. The fourth-order valence-corrected chi connectivity index (χ4v) is 3.82. The minimum Gasteiger partial charge on any atom is -0.508 e. The van der Waals surface area contributed by atoms with Gasteiger partial charge in [-0.05, 0) is 59.4 Å². The minimum absolute atomic E-state index is 0.0693. The highest BCUT2D eigenvalue weighted by Gasteiger charge is 2.38. The number of nitrogens with one attached hydrogen (secondary N) is 2. The Morgan fingerprint density at radius 3 is 2.20 bits per heavy atom. The lowest BCUT2D eigenvalue weighted by Gasteiger charge is -2.37. The van der Waals surface area contributed by atoms with Crippen LogP contribution < -0.4 is 10.6 Å². The number of aromatic hydroxyl groups is 1. The third-order valence-corrected chi connectivity index (χ3v) is 5.34. The second-order valence-electron chi connectivity index (χ2n) is 10.6. The summed E-state index contributed by atoms with van der Waals surface area (Å²) in [6.45, 7) is 15.4. The van der Waals surface area contributed by atoms with E-state index in [4.69, 9.17) is 4.74 Å². The molecule has 0 fully saturated rings. The zero-order valence-corrected chi connectivity index (χ0v) is 22.7. The van der Waals surface area contributed by atoms with E-state index < -0.39 is 29.7 Å². The van der Waals surface area contributed by atoms with Gasteiger partial charge in [0.15, 0.2) is 0 Å². The second-order valence-corrected chi connectivity index (χ2v) is 10.6. The highest BCUT2D eigenvalue weighted by molar-refractivity contribution is 5.92. The molecule has 0 spiro atoms. The number of ether oxygens (including phenoxy) is 1. The van der Waals surface area contributed by atoms with E-state index in [1.54, 1.807) is 39.0 Å². The van der Waals surface area contributed by atoms with Gasteiger partial charge in [-0.2, -0.15) is 0 Å². The summed E-state index contributed by atoms with van der Waals surface area (Å²) in [4.78, 5) is 41.4. The predicted molar refractivity (Wildman–Crippen MR) is 138 cm³/mol. The van der Waals surface area contributed by atoms with Gasteiger partial charge >= 0.3 is 6.09 Å². The van der Waals surface area contributed by atoms with E-state index >= 15 is 0 Å². The van der Waals surface area contributed by atoms with Gasteiger partial charge in [0.2, 0.25) is 11.8 Å². The Balaban J connectivity index is 3.39. The van der Waals surface area contributed by atoms with Gasteiger partial charge < -0.3 is 25.4 Å². The van der Waals surface area contributed by atoms with Gasteiger partial charge in [0, 0.05) is 18.2 Å². The zero-order chi connectivity index (χ0) is 26.8. The van der Waals surface area contributed by atoms with E-state index in [1.165, 1.54) is 11.0 Å². The fourth-order valence-electron chi connectivity index (χ4n) is 3.82. The summed E-state index contributed by atoms with van der Waals surface area (Å²) >= 11 is 0. The number of hydrogen-bond acceptors (Lipinski definition) is 5. The topological polar surface area (TPSA) is 108 Å². The molecule has 2 atom stereocenters. The van der Waals surface area contributed by atoms with Crippen molar-refractivity contribution in [2.75, 3.05) is 6.54 Å². The molecular weight excluding hydrogens is 446 g/mol. The number of amides is 3. The first-order valence-corrected chi connectivity index (χ1v) is 12.7. The number of para-hydroxylation sites is 1. The molecule has 0 saturated heterocycles. The Labute approximate surface area is 210 Å². The maximum atomic E-state index is 13.9. The van der Waals surface area contributed by atoms with Gasteiger partial charge in [-0.3, -0.25) is 9.59 Å². The molecule has 0 aliphatic heterocycles. The second kappa shape index (κ2) is 14.0. The molecule has 1 aromatic rings. The minimum atomic E-state index is -1.06. The van der Waals surface area contributed by atoms with Crippen molar-refractivity contribution >= 4 is 17.9 Å². The molecule has 0 heterocycles. The highest BCUT2D eigenvalue weighted by Crippen LogP contribution is 2.31. The number of alkyl carbamates (subject to hydrolysis) is 1. The Morgan fingerprint density at radius 2 is 1.69 bits per heavy atom. The zero-order valence-electron chi connectivity index (χ0n) is 22.7. The van der Waals surface area contributed by atoms with E-state index in [9.17, 15) is 19.5 Å². The van der Waals surface area contributed by atoms with Gasteiger partial charge in [-0.25, -0.2) is 4.79 Å². The molecule has 0 aromatic heterocycles. The smallest absolute Gasteiger partial charge is 0.408 e. The number of nitrogens with zero attached hydrogens (tertiary/aromatic N) is 1. The van der Waals surface area contributed by atoms with Crippen LogP contribution in [0.15, 0.2) is 24.3 Å². The van der Waals surface area contributed by atoms with Crippen LogP contribution in [-0.4, -0.2) is 52.1 Å². The molecule has 1 rings (SSSR count). The molecule has 0 aliphatic rings. The Morgan fingerprint density at radius 1 is 1.06 bits per heavy atom. The van der Waals surface area contributed by atoms with Crippen LogP contribution >= 0.6 is 0 Å². The van der Waals surface area contributed by atoms with Crippen LogP contribution in [0.5, 0.6) is 5.75 Å². The average Bonchev–Trinajstić information content (AvgIpc) is 2.72. The summed E-state index contributed by atoms with van der Waals surface area (Å²) in [5, 5.41) is 16.2. The van der Waals surface area contributed by atoms with Crippen molar-refractivity contribution in [1.29, 1.82) is 0 Å². The third-order valence-electron chi connectivity index (χ3n) is 5.34. The van der Waals surface area contributed by atoms with Crippen molar-refractivity contribution in [2.24, 2.45) is 5.92 Å². The van der Waals surface area contributed by atoms with Crippen LogP contribution in [0.2, 0.25) is 0 Å². The molecule has 35 heavy (non-hydrogen) atoms. The number of carbonyl (C=O) groups is 3. The van der Waals surface area contributed by atoms with E-state index in [0.717, 1.165) is 19.3 Å². The molecule has 8 nitrogen and oxygen atoms in total. The number of phenolic OH excluding ortho intramolecular Hbond substituents is 1. The number of unbranched alkanes of at least 4 members (excludes halogenated alkanes) is 2. The molecule has 198 valence electrons. The number of benzene rings is 1. The van der Waals surface area contributed by atoms with Gasteiger partial charge in [0.1, 0.15) is 23.4 Å². The maximum absolute atomic E-state index is 13.9. The molecule has 1 aromatic carbocycles. The maximum Gasteiger partial charge on any atom is 0.408 e. The fraction of sp³-hybridized carbons (Fsp3) is 0.667. The van der Waals surface area contributed by atoms with Crippen LogP contribution in [-0.2, 0) is 14.3 Å². The van der Waals surface area contributed by atoms with Gasteiger partial charge in [-0.1, -0.05) is 51.8 Å². The summed E-state index contributed by atoms with van der Waals surface area (Å²) in [6.07, 6.45) is 2.49. The van der Waals surface area contributed by atoms with E-state index in [2.05, 4.69) is 17.6 Å². The quantitative estimate of drug-likeness (QED) is 0.360. The first-order chi connectivity index (χ1) is 16.3. The van der Waals surface area contributed by atoms with E-state index in [-0.39, 0.29) is 23.6 Å². The van der Waals surface area contributed by atoms with Crippen molar-refractivity contribution in [3.8, 4) is 5.75 Å². The number of carbonyl (C=O) groups excluding carboxylic acids is 3. The van der Waals surface area contributed by atoms with Gasteiger partial charge in [0.25, 0.3) is 0 Å². The molecule has 3 N–H and O–H groups in total. The summed E-state index contributed by atoms with van der Waals surface area (Å²) in [7, 11) is 0. The van der Waals surface area contributed by atoms with Crippen LogP contribution in [0.25, 0.3) is 0 Å². The van der Waals surface area contributed by atoms with Crippen molar-refractivity contribution in [1.82, 2.24) is 15.5 Å². The Kier molecular flexibility index (Phi) is 12.1. The Bertz CT molecular complexity index is 832. The largest absolute Gasteiger partial charge is 0.508 e. The average molecular weight is 492 g/mol. The molecule has 0 bridgehead atoms. The standard InChI is InChI=1S/C27H45N3O5/c1-9-10-13-16-28-24(32)23(20-14-11-12-15-22(20)31)30(19(4)5)25(33)21(17-18(2)3)29-26(34)35-27(6,7)8/h11-12,14-15,18-19,21,23,31H,9-10,13,16-17H2,1-8H3,(H,28,32)(H,29,34). The molecule has 3 amide bonds. The normalized spacial score (nSPS) is 13.3. The SMILES string of the molecule is CCCCCNC(=O)C(c1ccccc1O)N(C(=O)C(CC(C)C)NC(=O)OC(C)(C)C)C(C)C. The van der Waals surface area contributed by atoms with Crippen LogP contribution in [0.4, 0.5) is 4.79 Å². The van der Waals surface area contributed by atoms with Crippen LogP contribution in [0.3, 0.4) is 0 Å². The first-order valence-electron chi connectivity index (χ1n) is 12.7. The van der Waals surface area contributed by atoms with Crippen molar-refractivity contribution in [3.05, 3.63) is 29.8 Å². The van der Waals surface area contributed by atoms with Gasteiger partial charge in [-0.15, -0.1) is 0 Å². The number of hydrogen-bond donors (Lipinski definition) is 3. The third kappa shape index (κ3) is 10.2. The van der Waals surface area contributed by atoms with Gasteiger partial charge in [0.05, 0.1) is 0 Å². The van der Waals surface area contributed by atoms with Crippen LogP contribution in [0, 0.1) is 5.92 Å². The van der Waals surface area contributed by atoms with E-state index in [0.29, 0.717) is 18.5 Å². The number of phenols is 1. The number of rotatable bonds is 12. The lowest BCUT2D eigenvalue weighted by atomic mass is 9.97. The highest BCUT2D eigenvalue weighted by atomic mass is 16.6. The van der Waals surface area contributed by atoms with Crippen LogP contribution in [0.1, 0.15) is 92.7 Å². The van der Waals surface area contributed by atoms with Crippen molar-refractivity contribution in [2.45, 2.75) is 105 Å². The molecule has 0 aliphatic carbocycles. The molecule has 0 saturated carbocycles. The van der Waals surface area contributed by atoms with E-state index in [1.807, 2.05) is 27.7 Å². The summed E-state index contributed by atoms with van der Waals surface area (Å²) in [5.74, 6) is -0.749. The lowest BCUT2D eigenvalue weighted by Crippen LogP contribution is -2.55. The molecule has 0 radical (unpaired) electrons. The lowest BCUT2D eigenvalue weighted by molar-refractivity contribution is -0.145. The first kappa shape index (κ1) is 30.3. The predicted octanol–water partition coefficient (Wildman–Crippen LogP) is 4.92. The summed E-state index contributed by atoms with van der Waals surface area (Å²) in [5.41, 5.74) is -0.382. The summed E-state index contributed by atoms with van der Waals surface area (Å²) in [6, 6.07) is 4.20. The molecule has 8 heteroatoms.